The van der Waals surface area contributed by atoms with Gasteiger partial charge in [0.25, 0.3) is 0 Å². The monoisotopic (exact) mass is 556 g/mol. The number of hydrogen-bond acceptors (Lipinski definition) is 4. The van der Waals surface area contributed by atoms with Crippen LogP contribution in [0, 0.1) is 5.92 Å². The maximum Gasteiger partial charge on any atom is 0.331 e. The third kappa shape index (κ3) is 5.88. The van der Waals surface area contributed by atoms with Crippen LogP contribution in [0.4, 0.5) is 0 Å². The van der Waals surface area contributed by atoms with E-state index in [1.165, 1.54) is 25.1 Å². The summed E-state index contributed by atoms with van der Waals surface area (Å²) in [7, 11) is 0. The van der Waals surface area contributed by atoms with Gasteiger partial charge in [-0.1, -0.05) is 67.1 Å². The zero-order valence-corrected chi connectivity index (χ0v) is 23.2. The largest absolute Gasteiger partial charge is 1.00 e. The van der Waals surface area contributed by atoms with Crippen molar-refractivity contribution in [2.45, 2.75) is 57.3 Å². The van der Waals surface area contributed by atoms with E-state index in [0.717, 1.165) is 68.5 Å². The molecule has 2 bridgehead atoms. The quantitative estimate of drug-likeness (QED) is 0.268. The first-order valence-corrected chi connectivity index (χ1v) is 13.6. The number of nitrogens with zero attached hydrogens (tertiary/aromatic N) is 2. The van der Waals surface area contributed by atoms with E-state index in [0.29, 0.717) is 12.5 Å². The summed E-state index contributed by atoms with van der Waals surface area (Å²) in [5.74, 6) is 0.424. The fourth-order valence-corrected chi connectivity index (χ4v) is 6.48. The van der Waals surface area contributed by atoms with Crippen molar-refractivity contribution < 1.29 is 35.7 Å². The van der Waals surface area contributed by atoms with Crippen LogP contribution in [0.1, 0.15) is 50.2 Å². The number of ether oxygens (including phenoxy) is 2. The van der Waals surface area contributed by atoms with Crippen molar-refractivity contribution in [2.24, 2.45) is 5.92 Å². The van der Waals surface area contributed by atoms with Crippen LogP contribution < -0.4 is 17.0 Å². The van der Waals surface area contributed by atoms with E-state index in [1.54, 1.807) is 0 Å². The van der Waals surface area contributed by atoms with E-state index in [4.69, 9.17) is 9.47 Å². The first-order valence-electron chi connectivity index (χ1n) is 13.6. The second-order valence-corrected chi connectivity index (χ2v) is 11.0. The molecule has 36 heavy (non-hydrogen) atoms. The Labute approximate surface area is 227 Å². The van der Waals surface area contributed by atoms with Gasteiger partial charge in [0.05, 0.1) is 26.3 Å². The molecular weight excluding hydrogens is 516 g/mol. The summed E-state index contributed by atoms with van der Waals surface area (Å²) in [5, 5.41) is 0. The van der Waals surface area contributed by atoms with Gasteiger partial charge in [-0.3, -0.25) is 4.90 Å². The maximum atomic E-state index is 13.9. The molecule has 2 unspecified atom stereocenters. The molecule has 0 saturated carbocycles. The Hall–Kier alpha value is -1.73. The molecular formula is C30H41BrN2O3. The van der Waals surface area contributed by atoms with Gasteiger partial charge >= 0.3 is 5.97 Å². The van der Waals surface area contributed by atoms with Gasteiger partial charge in [-0.05, 0) is 44.0 Å². The van der Waals surface area contributed by atoms with Crippen LogP contribution in [0.5, 0.6) is 0 Å². The minimum absolute atomic E-state index is 0. The predicted molar refractivity (Wildman–Crippen MR) is 138 cm³/mol. The summed E-state index contributed by atoms with van der Waals surface area (Å²) in [5.41, 5.74) is 1.54. The van der Waals surface area contributed by atoms with Crippen LogP contribution >= 0.6 is 0 Å². The van der Waals surface area contributed by atoms with Crippen molar-refractivity contribution in [1.29, 1.82) is 0 Å². The highest BCUT2D eigenvalue weighted by molar-refractivity contribution is 5.82. The molecule has 4 heterocycles. The van der Waals surface area contributed by atoms with Crippen molar-refractivity contribution in [2.75, 3.05) is 45.9 Å². The van der Waals surface area contributed by atoms with E-state index in [1.807, 2.05) is 24.3 Å². The van der Waals surface area contributed by atoms with Crippen LogP contribution in [-0.2, 0) is 26.4 Å². The van der Waals surface area contributed by atoms with E-state index < -0.39 is 5.54 Å². The van der Waals surface area contributed by atoms with Gasteiger partial charge in [-0.25, -0.2) is 4.79 Å². The topological polar surface area (TPSA) is 38.8 Å². The fraction of sp³-hybridized carbons (Fsp3) is 0.567. The zero-order valence-electron chi connectivity index (χ0n) is 21.6. The van der Waals surface area contributed by atoms with Crippen LogP contribution in [0.15, 0.2) is 60.7 Å². The van der Waals surface area contributed by atoms with Gasteiger partial charge in [0.2, 0.25) is 0 Å². The van der Waals surface area contributed by atoms with Gasteiger partial charge in [0, 0.05) is 18.8 Å². The SMILES string of the molecule is CC(C(=O)OC1C[N+]2(CCOCc3ccccc3)CCC1CC2)(c1ccccc1)N1CCCCC1.[Br-]. The number of carbonyl (C=O) groups is 1. The first kappa shape index (κ1) is 27.3. The highest BCUT2D eigenvalue weighted by Gasteiger charge is 2.50. The molecule has 0 aromatic heterocycles. The standard InChI is InChI=1S/C30H41N2O3.BrH/c1-30(27-13-7-3-8-14-27,31-17-9-4-10-18-31)29(33)35-28-23-32(19-15-26(28)16-20-32)21-22-34-24-25-11-5-2-6-12-25;/h2-3,5-8,11-14,26,28H,4,9-10,15-24H2,1H3;1H/q+1;/p-1. The maximum absolute atomic E-state index is 13.9. The number of rotatable bonds is 9. The number of carbonyl (C=O) groups excluding carboxylic acids is 1. The lowest BCUT2D eigenvalue weighted by Gasteiger charge is -2.52. The normalized spacial score (nSPS) is 27.6. The number of quaternary nitrogens is 1. The molecule has 6 heteroatoms. The zero-order chi connectivity index (χ0) is 24.1. The lowest BCUT2D eigenvalue weighted by molar-refractivity contribution is -0.946. The van der Waals surface area contributed by atoms with E-state index in [2.05, 4.69) is 48.2 Å². The summed E-state index contributed by atoms with van der Waals surface area (Å²) in [6.07, 6.45) is 5.82. The molecule has 0 N–H and O–H groups in total. The van der Waals surface area contributed by atoms with Crippen molar-refractivity contribution in [3.63, 3.8) is 0 Å². The van der Waals surface area contributed by atoms with Crippen molar-refractivity contribution >= 4 is 5.97 Å². The molecule has 0 aliphatic carbocycles. The highest BCUT2D eigenvalue weighted by Crippen LogP contribution is 2.38. The van der Waals surface area contributed by atoms with Crippen molar-refractivity contribution in [1.82, 2.24) is 4.90 Å². The predicted octanol–water partition coefficient (Wildman–Crippen LogP) is 1.76. The minimum Gasteiger partial charge on any atom is -1.00 e. The Morgan fingerprint density at radius 2 is 1.61 bits per heavy atom. The molecule has 2 aromatic carbocycles. The van der Waals surface area contributed by atoms with Gasteiger partial charge in [0.15, 0.2) is 6.10 Å². The Morgan fingerprint density at radius 3 is 2.28 bits per heavy atom. The Bertz CT molecular complexity index is 959. The summed E-state index contributed by atoms with van der Waals surface area (Å²) < 4.78 is 13.5. The number of fused-ring (bicyclic) bond motifs is 3. The average Bonchev–Trinajstić information content (AvgIpc) is 2.93. The van der Waals surface area contributed by atoms with E-state index in [-0.39, 0.29) is 29.1 Å². The third-order valence-electron chi connectivity index (χ3n) is 8.84. The molecule has 0 spiro atoms. The molecule has 196 valence electrons. The van der Waals surface area contributed by atoms with Crippen molar-refractivity contribution in [3.8, 4) is 0 Å². The van der Waals surface area contributed by atoms with Gasteiger partial charge in [0.1, 0.15) is 18.6 Å². The molecule has 2 atom stereocenters. The summed E-state index contributed by atoms with van der Waals surface area (Å²) in [4.78, 5) is 16.3. The van der Waals surface area contributed by atoms with Crippen LogP contribution in [-0.4, -0.2) is 67.3 Å². The second kappa shape index (κ2) is 12.2. The van der Waals surface area contributed by atoms with Crippen molar-refractivity contribution in [3.05, 3.63) is 71.8 Å². The third-order valence-corrected chi connectivity index (χ3v) is 8.84. The summed E-state index contributed by atoms with van der Waals surface area (Å²) >= 11 is 0. The first-order chi connectivity index (χ1) is 17.1. The summed E-state index contributed by atoms with van der Waals surface area (Å²) in [6, 6.07) is 20.6. The molecule has 0 radical (unpaired) electrons. The minimum atomic E-state index is -0.725. The molecule has 4 aliphatic rings. The van der Waals surface area contributed by atoms with E-state index in [9.17, 15) is 4.79 Å². The van der Waals surface area contributed by atoms with Crippen LogP contribution in [0.3, 0.4) is 0 Å². The van der Waals surface area contributed by atoms with Gasteiger partial charge in [-0.2, -0.15) is 0 Å². The van der Waals surface area contributed by atoms with Crippen LogP contribution in [0.25, 0.3) is 0 Å². The molecule has 2 aromatic rings. The lowest BCUT2D eigenvalue weighted by atomic mass is 9.82. The van der Waals surface area contributed by atoms with E-state index >= 15 is 0 Å². The van der Waals surface area contributed by atoms with Gasteiger partial charge < -0.3 is 30.9 Å². The Morgan fingerprint density at radius 1 is 0.972 bits per heavy atom. The Balaban J connectivity index is 0.00000304. The number of piperidine rings is 4. The smallest absolute Gasteiger partial charge is 0.331 e. The molecule has 0 amide bonds. The molecule has 5 nitrogen and oxygen atoms in total. The molecule has 4 fully saturated rings. The lowest BCUT2D eigenvalue weighted by Crippen LogP contribution is -3.00. The molecule has 6 rings (SSSR count). The average molecular weight is 558 g/mol. The highest BCUT2D eigenvalue weighted by atomic mass is 79.9. The van der Waals surface area contributed by atoms with Crippen LogP contribution in [0.2, 0.25) is 0 Å². The number of halogens is 1. The molecule has 4 saturated heterocycles. The van der Waals surface area contributed by atoms with Gasteiger partial charge in [-0.15, -0.1) is 0 Å². The second-order valence-electron chi connectivity index (χ2n) is 11.0. The Kier molecular flexibility index (Phi) is 9.26. The molecule has 4 aliphatic heterocycles. The summed E-state index contributed by atoms with van der Waals surface area (Å²) in [6.45, 7) is 9.67. The number of hydrogen-bond donors (Lipinski definition) is 0. The number of likely N-dealkylation sites (tertiary alicyclic amines) is 1. The fourth-order valence-electron chi connectivity index (χ4n) is 6.48. The number of benzene rings is 2. The number of esters is 1.